The van der Waals surface area contributed by atoms with Gasteiger partial charge in [0.05, 0.1) is 6.10 Å². The fourth-order valence-corrected chi connectivity index (χ4v) is 5.71. The number of hydrogen-bond donors (Lipinski definition) is 0. The van der Waals surface area contributed by atoms with Gasteiger partial charge < -0.3 is 4.43 Å². The first-order chi connectivity index (χ1) is 13.5. The van der Waals surface area contributed by atoms with E-state index >= 15 is 0 Å². The zero-order chi connectivity index (χ0) is 21.7. The smallest absolute Gasteiger partial charge is 0.192 e. The van der Waals surface area contributed by atoms with Gasteiger partial charge in [0.25, 0.3) is 0 Å². The van der Waals surface area contributed by atoms with Crippen LogP contribution in [0.25, 0.3) is 4.91 Å². The summed E-state index contributed by atoms with van der Waals surface area (Å²) in [6, 6.07) is 21.3. The van der Waals surface area contributed by atoms with Gasteiger partial charge in [0.2, 0.25) is 0 Å². The second-order valence-electron chi connectivity index (χ2n) is 9.76. The predicted octanol–water partition coefficient (Wildman–Crippen LogP) is 8.50. The molecule has 2 atom stereocenters. The molecule has 0 heterocycles. The minimum atomic E-state index is -1.83. The molecule has 0 radical (unpaired) electrons. The summed E-state index contributed by atoms with van der Waals surface area (Å²) in [6.07, 6.45) is 2.64. The van der Waals surface area contributed by atoms with Crippen molar-refractivity contribution in [2.45, 2.75) is 70.7 Å². The summed E-state index contributed by atoms with van der Waals surface area (Å²) in [7, 11) is -1.83. The Morgan fingerprint density at radius 3 is 1.90 bits per heavy atom. The van der Waals surface area contributed by atoms with Crippen molar-refractivity contribution in [3.8, 4) is 0 Å². The van der Waals surface area contributed by atoms with Crippen LogP contribution in [0.2, 0.25) is 18.1 Å². The van der Waals surface area contributed by atoms with Crippen LogP contribution in [-0.2, 0) is 4.43 Å². The normalized spacial score (nSPS) is 15.4. The molecule has 0 saturated heterocycles. The van der Waals surface area contributed by atoms with Gasteiger partial charge >= 0.3 is 0 Å². The molecule has 0 fully saturated rings. The SMILES string of the molecule is CC(C)[C@@H](O[Si](C)(C)C(C)(C)C)[C@@H](C)/C=C(\Sc1ccccc1)c1ccccc1. The molecule has 0 bridgehead atoms. The van der Waals surface area contributed by atoms with Gasteiger partial charge in [-0.3, -0.25) is 0 Å². The maximum absolute atomic E-state index is 6.90. The maximum atomic E-state index is 6.90. The van der Waals surface area contributed by atoms with Crippen LogP contribution in [0.15, 0.2) is 71.6 Å². The van der Waals surface area contributed by atoms with Crippen LogP contribution in [-0.4, -0.2) is 14.4 Å². The van der Waals surface area contributed by atoms with Crippen LogP contribution >= 0.6 is 11.8 Å². The van der Waals surface area contributed by atoms with E-state index in [1.54, 1.807) is 0 Å². The maximum Gasteiger partial charge on any atom is 0.192 e. The van der Waals surface area contributed by atoms with Crippen molar-refractivity contribution in [1.29, 1.82) is 0 Å². The Morgan fingerprint density at radius 1 is 0.897 bits per heavy atom. The molecule has 1 nitrogen and oxygen atoms in total. The Kier molecular flexibility index (Phi) is 8.39. The summed E-state index contributed by atoms with van der Waals surface area (Å²) >= 11 is 1.84. The number of rotatable bonds is 8. The van der Waals surface area contributed by atoms with Gasteiger partial charge in [-0.15, -0.1) is 0 Å². The molecule has 0 amide bonds. The van der Waals surface area contributed by atoms with Crippen LogP contribution in [0.4, 0.5) is 0 Å². The van der Waals surface area contributed by atoms with E-state index in [0.29, 0.717) is 11.8 Å². The minimum Gasteiger partial charge on any atom is -0.413 e. The van der Waals surface area contributed by atoms with E-state index in [1.807, 2.05) is 11.8 Å². The summed E-state index contributed by atoms with van der Waals surface area (Å²) in [5.41, 5.74) is 1.27. The van der Waals surface area contributed by atoms with E-state index in [9.17, 15) is 0 Å². The number of thioether (sulfide) groups is 1. The van der Waals surface area contributed by atoms with Gasteiger partial charge in [0, 0.05) is 15.7 Å². The van der Waals surface area contributed by atoms with Crippen molar-refractivity contribution in [1.82, 2.24) is 0 Å². The highest BCUT2D eigenvalue weighted by Gasteiger charge is 2.40. The first-order valence-electron chi connectivity index (χ1n) is 10.7. The summed E-state index contributed by atoms with van der Waals surface area (Å²) in [6.45, 7) is 18.5. The largest absolute Gasteiger partial charge is 0.413 e. The van der Waals surface area contributed by atoms with Crippen LogP contribution in [0, 0.1) is 11.8 Å². The molecule has 2 aromatic carbocycles. The first kappa shape index (κ1) is 24.0. The quantitative estimate of drug-likeness (QED) is 0.309. The first-order valence-corrected chi connectivity index (χ1v) is 14.4. The van der Waals surface area contributed by atoms with Gasteiger partial charge in [0.1, 0.15) is 0 Å². The minimum absolute atomic E-state index is 0.213. The average Bonchev–Trinajstić information content (AvgIpc) is 2.66. The summed E-state index contributed by atoms with van der Waals surface area (Å²) in [5.74, 6) is 0.796. The Labute approximate surface area is 184 Å². The van der Waals surface area contributed by atoms with Crippen LogP contribution < -0.4 is 0 Å². The summed E-state index contributed by atoms with van der Waals surface area (Å²) < 4.78 is 6.90. The molecule has 158 valence electrons. The lowest BCUT2D eigenvalue weighted by Crippen LogP contribution is -2.46. The molecule has 0 N–H and O–H groups in total. The highest BCUT2D eigenvalue weighted by molar-refractivity contribution is 8.08. The molecule has 2 rings (SSSR count). The molecule has 0 spiro atoms. The van der Waals surface area contributed by atoms with Crippen molar-refractivity contribution in [3.05, 3.63) is 72.3 Å². The topological polar surface area (TPSA) is 9.23 Å². The Hall–Kier alpha value is -1.29. The molecule has 3 heteroatoms. The number of benzene rings is 2. The van der Waals surface area contributed by atoms with Crippen molar-refractivity contribution >= 4 is 25.0 Å². The standard InChI is InChI=1S/C26H38OSSi/c1-20(2)25(27-29(7,8)26(4,5)6)21(3)19-24(22-15-11-9-12-16-22)28-23-17-13-10-14-18-23/h9-21,25H,1-8H3/b24-19-/t21-,25+/m0/s1. The van der Waals surface area contributed by atoms with E-state index in [4.69, 9.17) is 4.43 Å². The molecule has 29 heavy (non-hydrogen) atoms. The predicted molar refractivity (Wildman–Crippen MR) is 133 cm³/mol. The van der Waals surface area contributed by atoms with Crippen molar-refractivity contribution in [2.24, 2.45) is 11.8 Å². The lowest BCUT2D eigenvalue weighted by molar-refractivity contribution is 0.101. The third-order valence-corrected chi connectivity index (χ3v) is 11.4. The van der Waals surface area contributed by atoms with Crippen molar-refractivity contribution in [3.63, 3.8) is 0 Å². The fraction of sp³-hybridized carbons (Fsp3) is 0.462. The van der Waals surface area contributed by atoms with E-state index in [1.165, 1.54) is 15.4 Å². The van der Waals surface area contributed by atoms with Gasteiger partial charge in [-0.1, -0.05) is 108 Å². The van der Waals surface area contributed by atoms with Gasteiger partial charge in [0.15, 0.2) is 8.32 Å². The Balaban J connectivity index is 2.36. The summed E-state index contributed by atoms with van der Waals surface area (Å²) in [4.78, 5) is 2.56. The van der Waals surface area contributed by atoms with E-state index in [0.717, 1.165) is 0 Å². The molecule has 0 unspecified atom stereocenters. The lowest BCUT2D eigenvalue weighted by Gasteiger charge is -2.42. The molecule has 0 saturated carbocycles. The van der Waals surface area contributed by atoms with Gasteiger partial charge in [-0.05, 0) is 41.7 Å². The van der Waals surface area contributed by atoms with E-state index < -0.39 is 8.32 Å². The van der Waals surface area contributed by atoms with Crippen LogP contribution in [0.5, 0.6) is 0 Å². The summed E-state index contributed by atoms with van der Waals surface area (Å²) in [5, 5.41) is 0.213. The van der Waals surface area contributed by atoms with Crippen LogP contribution in [0.1, 0.15) is 47.1 Å². The third-order valence-electron chi connectivity index (χ3n) is 5.86. The van der Waals surface area contributed by atoms with Gasteiger partial charge in [-0.25, -0.2) is 0 Å². The van der Waals surface area contributed by atoms with Crippen molar-refractivity contribution < 1.29 is 4.43 Å². The average molecular weight is 427 g/mol. The van der Waals surface area contributed by atoms with Crippen molar-refractivity contribution in [2.75, 3.05) is 0 Å². The highest BCUT2D eigenvalue weighted by atomic mass is 32.2. The molecule has 0 aliphatic rings. The zero-order valence-electron chi connectivity index (χ0n) is 19.4. The third kappa shape index (κ3) is 6.87. The monoisotopic (exact) mass is 426 g/mol. The second kappa shape index (κ2) is 10.1. The molecule has 2 aromatic rings. The zero-order valence-corrected chi connectivity index (χ0v) is 21.2. The lowest BCUT2D eigenvalue weighted by atomic mass is 9.94. The fourth-order valence-electron chi connectivity index (χ4n) is 3.11. The van der Waals surface area contributed by atoms with Gasteiger partial charge in [-0.2, -0.15) is 0 Å². The number of hydrogen-bond acceptors (Lipinski definition) is 2. The molecule has 0 aliphatic heterocycles. The molecule has 0 aromatic heterocycles. The Bertz CT molecular complexity index is 775. The Morgan fingerprint density at radius 2 is 1.41 bits per heavy atom. The molecular weight excluding hydrogens is 388 g/mol. The second-order valence-corrected chi connectivity index (χ2v) is 15.6. The highest BCUT2D eigenvalue weighted by Crippen LogP contribution is 2.41. The van der Waals surface area contributed by atoms with Crippen LogP contribution in [0.3, 0.4) is 0 Å². The van der Waals surface area contributed by atoms with E-state index in [-0.39, 0.29) is 11.1 Å². The molecular formula is C26H38OSSi. The van der Waals surface area contributed by atoms with E-state index in [2.05, 4.69) is 121 Å². The molecule has 0 aliphatic carbocycles.